The van der Waals surface area contributed by atoms with Crippen molar-refractivity contribution in [2.75, 3.05) is 0 Å². The summed E-state index contributed by atoms with van der Waals surface area (Å²) in [6.07, 6.45) is 0. The first-order valence-corrected chi connectivity index (χ1v) is 4.56. The van der Waals surface area contributed by atoms with Crippen LogP contribution in [0.4, 0.5) is 0 Å². The van der Waals surface area contributed by atoms with Crippen LogP contribution in [0, 0.1) is 39.9 Å². The molecule has 0 aromatic heterocycles. The number of rotatable bonds is 0. The smallest absolute Gasteiger partial charge is 0.214 e. The molecule has 2 aromatic carbocycles. The SMILES string of the molecule is [C-]#[O+].[C-]#[O+].[C-]#[O+].[C-]#[O+].[C-]#[O+].[C-]#[O+].[Cd].[Cr+5].[Cr+5].c1cc[cH-]c1.c1cc[cH-]c1. The summed E-state index contributed by atoms with van der Waals surface area (Å²) in [5.41, 5.74) is 0. The Morgan fingerprint density at radius 2 is 0.520 bits per heavy atom. The molecule has 0 N–H and O–H groups in total. The van der Waals surface area contributed by atoms with E-state index in [1.165, 1.54) is 0 Å². The monoisotopic (exact) mass is 516 g/mol. The fraction of sp³-hybridized carbons (Fsp3) is 0. The Balaban J connectivity index is -0.0000000174. The van der Waals surface area contributed by atoms with Gasteiger partial charge in [0.1, 0.15) is 0 Å². The van der Waals surface area contributed by atoms with Crippen LogP contribution < -0.4 is 0 Å². The molecule has 0 fully saturated rings. The van der Waals surface area contributed by atoms with Gasteiger partial charge in [0.05, 0.1) is 0 Å². The topological polar surface area (TPSA) is 119 Å². The van der Waals surface area contributed by atoms with E-state index in [0.717, 1.165) is 0 Å². The Labute approximate surface area is 189 Å². The Morgan fingerprint density at radius 3 is 0.560 bits per heavy atom. The van der Waals surface area contributed by atoms with Gasteiger partial charge in [0.15, 0.2) is 0 Å². The molecule has 0 aliphatic heterocycles. The molecule has 0 saturated heterocycles. The third-order valence-corrected chi connectivity index (χ3v) is 1.11. The minimum atomic E-state index is 0. The molecule has 0 aliphatic rings. The van der Waals surface area contributed by atoms with E-state index in [4.69, 9.17) is 27.9 Å². The molecule has 6 nitrogen and oxygen atoms in total. The molecular weight excluding hydrogens is 505 g/mol. The Morgan fingerprint density at radius 1 is 0.400 bits per heavy atom. The van der Waals surface area contributed by atoms with Crippen molar-refractivity contribution in [3.63, 3.8) is 0 Å². The van der Waals surface area contributed by atoms with Crippen LogP contribution in [-0.2, 0) is 89.9 Å². The van der Waals surface area contributed by atoms with Gasteiger partial charge in [-0.2, -0.15) is 36.4 Å². The zero-order valence-corrected chi connectivity index (χ0v) is 19.3. The van der Waals surface area contributed by atoms with Crippen LogP contribution in [0.5, 0.6) is 0 Å². The molecule has 116 valence electrons. The predicted octanol–water partition coefficient (Wildman–Crippen LogP) is 2.58. The molecule has 9 heteroatoms. The number of hydrogen-bond acceptors (Lipinski definition) is 0. The quantitative estimate of drug-likeness (QED) is 0.292. The van der Waals surface area contributed by atoms with Gasteiger partial charge in [0.25, 0.3) is 0 Å². The van der Waals surface area contributed by atoms with Gasteiger partial charge in [-0.25, -0.2) is 24.3 Å². The van der Waals surface area contributed by atoms with Crippen LogP contribution in [0.3, 0.4) is 0 Å². The molecule has 0 spiro atoms. The van der Waals surface area contributed by atoms with E-state index in [2.05, 4.69) is 39.9 Å². The van der Waals surface area contributed by atoms with Crippen molar-refractivity contribution in [2.24, 2.45) is 0 Å². The molecule has 0 amide bonds. The van der Waals surface area contributed by atoms with Gasteiger partial charge in [-0.3, -0.25) is 0 Å². The molecular formula is C16H10CdCr2O6+8. The maximum absolute atomic E-state index is 7.50. The van der Waals surface area contributed by atoms with Crippen LogP contribution in [0.25, 0.3) is 0 Å². The van der Waals surface area contributed by atoms with Gasteiger partial charge in [-0.1, -0.05) is 0 Å². The largest absolute Gasteiger partial charge is 5.00 e. The number of hydrogen-bond donors (Lipinski definition) is 0. The molecule has 2 aromatic rings. The minimum Gasteiger partial charge on any atom is -0.214 e. The van der Waals surface area contributed by atoms with Crippen molar-refractivity contribution in [1.29, 1.82) is 0 Å². The van der Waals surface area contributed by atoms with Crippen molar-refractivity contribution < 1.29 is 89.9 Å². The second-order valence-corrected chi connectivity index (χ2v) is 1.92. The summed E-state index contributed by atoms with van der Waals surface area (Å²) in [5, 5.41) is 0. The second kappa shape index (κ2) is 136. The van der Waals surface area contributed by atoms with Gasteiger partial charge < -0.3 is 0 Å². The van der Waals surface area contributed by atoms with E-state index >= 15 is 0 Å². The third kappa shape index (κ3) is 124. The average molecular weight is 515 g/mol. The summed E-state index contributed by atoms with van der Waals surface area (Å²) in [7, 11) is 0. The summed E-state index contributed by atoms with van der Waals surface area (Å²) in [5.74, 6) is 0. The summed E-state index contributed by atoms with van der Waals surface area (Å²) in [6, 6.07) is 20.0. The molecule has 0 heterocycles. The van der Waals surface area contributed by atoms with E-state index in [1.54, 1.807) is 0 Å². The van der Waals surface area contributed by atoms with Crippen LogP contribution in [0.1, 0.15) is 0 Å². The fourth-order valence-corrected chi connectivity index (χ4v) is 0.642. The van der Waals surface area contributed by atoms with Crippen LogP contribution >= 0.6 is 0 Å². The Hall–Kier alpha value is -0.873. The van der Waals surface area contributed by atoms with E-state index in [-0.39, 0.29) is 62.0 Å². The van der Waals surface area contributed by atoms with Gasteiger partial charge in [-0.15, -0.1) is 0 Å². The second-order valence-electron chi connectivity index (χ2n) is 1.92. The maximum atomic E-state index is 7.50. The fourth-order valence-electron chi connectivity index (χ4n) is 0.642. The van der Waals surface area contributed by atoms with E-state index in [9.17, 15) is 0 Å². The molecule has 0 unspecified atom stereocenters. The first-order valence-electron chi connectivity index (χ1n) is 4.56. The molecule has 0 saturated carbocycles. The van der Waals surface area contributed by atoms with E-state index in [1.807, 2.05) is 60.7 Å². The van der Waals surface area contributed by atoms with Gasteiger partial charge in [0.2, 0.25) is 0 Å². The van der Waals surface area contributed by atoms with Crippen molar-refractivity contribution in [1.82, 2.24) is 0 Å². The summed E-state index contributed by atoms with van der Waals surface area (Å²) in [6.45, 7) is 27.0. The maximum Gasteiger partial charge on any atom is 5.00 e. The normalized spacial score (nSPS) is 3.68. The summed E-state index contributed by atoms with van der Waals surface area (Å²) in [4.78, 5) is 0. The standard InChI is InChI=1S/2C5H5.6CO.Cd.2Cr/c2*1-2-4-5-3-1;6*1-2;;;/h2*1-5H;;;;;;;;;/q2*-1;;;;;;;;2*+5. The van der Waals surface area contributed by atoms with Crippen molar-refractivity contribution in [3.8, 4) is 0 Å². The summed E-state index contributed by atoms with van der Waals surface area (Å²) >= 11 is 0. The first kappa shape index (κ1) is 56.4. The zero-order valence-electron chi connectivity index (χ0n) is 12.7. The van der Waals surface area contributed by atoms with E-state index < -0.39 is 0 Å². The van der Waals surface area contributed by atoms with Crippen molar-refractivity contribution in [2.45, 2.75) is 0 Å². The van der Waals surface area contributed by atoms with Crippen LogP contribution in [0.2, 0.25) is 0 Å². The molecule has 0 bridgehead atoms. The summed E-state index contributed by atoms with van der Waals surface area (Å²) < 4.78 is 45.0. The Bertz CT molecular complexity index is 335. The first-order chi connectivity index (χ1) is 11.0. The van der Waals surface area contributed by atoms with Crippen LogP contribution in [0.15, 0.2) is 60.7 Å². The predicted molar refractivity (Wildman–Crippen MR) is 67.6 cm³/mol. The van der Waals surface area contributed by atoms with E-state index in [0.29, 0.717) is 0 Å². The van der Waals surface area contributed by atoms with Gasteiger partial charge >= 0.3 is 103 Å². The average Bonchev–Trinajstić information content (AvgIpc) is 3.43. The third-order valence-electron chi connectivity index (χ3n) is 1.11. The van der Waals surface area contributed by atoms with Crippen LogP contribution in [-0.4, -0.2) is 0 Å². The molecule has 2 rings (SSSR count). The molecule has 2 radical (unpaired) electrons. The van der Waals surface area contributed by atoms with Crippen molar-refractivity contribution >= 4 is 0 Å². The van der Waals surface area contributed by atoms with Gasteiger partial charge in [0, 0.05) is 27.3 Å². The molecule has 25 heavy (non-hydrogen) atoms. The Kier molecular flexibility index (Phi) is 307. The van der Waals surface area contributed by atoms with Gasteiger partial charge in [-0.05, 0) is 0 Å². The van der Waals surface area contributed by atoms with Crippen molar-refractivity contribution in [3.05, 3.63) is 101 Å². The zero-order chi connectivity index (χ0) is 19.1. The molecule has 0 atom stereocenters. The minimum absolute atomic E-state index is 0. The molecule has 0 aliphatic carbocycles.